The summed E-state index contributed by atoms with van der Waals surface area (Å²) in [5.74, 6) is 0.182. The predicted octanol–water partition coefficient (Wildman–Crippen LogP) is 7.70. The highest BCUT2D eigenvalue weighted by Crippen LogP contribution is 2.52. The summed E-state index contributed by atoms with van der Waals surface area (Å²) < 4.78 is 11.4. The number of rotatable bonds is 7. The van der Waals surface area contributed by atoms with Gasteiger partial charge in [0.25, 0.3) is 5.69 Å². The molecule has 0 amide bonds. The van der Waals surface area contributed by atoms with Gasteiger partial charge in [0, 0.05) is 22.7 Å². The predicted molar refractivity (Wildman–Crippen MR) is 173 cm³/mol. The lowest BCUT2D eigenvalue weighted by Gasteiger charge is -2.43. The number of ether oxygens (including phenoxy) is 2. The number of halogens is 1. The third-order valence-corrected chi connectivity index (χ3v) is 8.77. The van der Waals surface area contributed by atoms with E-state index in [1.165, 1.54) is 18.1 Å². The second kappa shape index (κ2) is 11.9. The van der Waals surface area contributed by atoms with Crippen molar-refractivity contribution in [3.05, 3.63) is 114 Å². The minimum Gasteiger partial charge on any atom is -0.496 e. The highest BCUT2D eigenvalue weighted by Gasteiger charge is 2.46. The van der Waals surface area contributed by atoms with Crippen LogP contribution >= 0.6 is 11.6 Å². The van der Waals surface area contributed by atoms with Crippen molar-refractivity contribution in [3.63, 3.8) is 0 Å². The Morgan fingerprint density at radius 3 is 2.51 bits per heavy atom. The summed E-state index contributed by atoms with van der Waals surface area (Å²) >= 11 is 6.13. The van der Waals surface area contributed by atoms with E-state index in [2.05, 4.69) is 6.07 Å². The molecule has 1 aliphatic heterocycles. The number of nitrogens with two attached hydrogens (primary N) is 1. The Morgan fingerprint density at radius 1 is 1.13 bits per heavy atom. The van der Waals surface area contributed by atoms with Crippen molar-refractivity contribution >= 4 is 28.8 Å². The fourth-order valence-electron chi connectivity index (χ4n) is 6.40. The van der Waals surface area contributed by atoms with E-state index in [1.54, 1.807) is 18.2 Å². The Bertz CT molecular complexity index is 1850. The van der Waals surface area contributed by atoms with Crippen molar-refractivity contribution < 1.29 is 19.2 Å². The first-order chi connectivity index (χ1) is 21.3. The van der Waals surface area contributed by atoms with Gasteiger partial charge < -0.3 is 15.2 Å². The molecule has 2 aliphatic rings. The molecule has 3 aromatic carbocycles. The van der Waals surface area contributed by atoms with Crippen molar-refractivity contribution in [2.75, 3.05) is 12.0 Å². The summed E-state index contributed by atoms with van der Waals surface area (Å²) in [5, 5.41) is 23.5. The number of carbonyl (C=O) groups excluding carboxylic acids is 1. The van der Waals surface area contributed by atoms with E-state index in [0.717, 1.165) is 27.8 Å². The van der Waals surface area contributed by atoms with E-state index < -0.39 is 16.3 Å². The van der Waals surface area contributed by atoms with E-state index >= 15 is 0 Å². The van der Waals surface area contributed by atoms with Gasteiger partial charge in [-0.2, -0.15) is 5.26 Å². The standard InChI is InChI=1S/C35H35ClN4O5/c1-19-11-22(18-45-31-10-7-23(36)13-20(31)2)21(3)25(12-19)32-26(17-37)34(38)39(29-15-35(4,5)16-30(41)33(29)32)27-9-8-24(44-6)14-28(27)40(42)43/h7-14,32H,15-16,18,38H2,1-6H3. The van der Waals surface area contributed by atoms with Crippen molar-refractivity contribution in [1.29, 1.82) is 5.26 Å². The van der Waals surface area contributed by atoms with Crippen LogP contribution in [0.5, 0.6) is 11.5 Å². The molecule has 1 aliphatic carbocycles. The molecular weight excluding hydrogens is 592 g/mol. The maximum absolute atomic E-state index is 14.1. The highest BCUT2D eigenvalue weighted by molar-refractivity contribution is 6.30. The average Bonchev–Trinajstić information content (AvgIpc) is 2.96. The lowest BCUT2D eigenvalue weighted by Crippen LogP contribution is -2.42. The zero-order valence-corrected chi connectivity index (χ0v) is 26.9. The summed E-state index contributed by atoms with van der Waals surface area (Å²) in [6, 6.07) is 16.2. The van der Waals surface area contributed by atoms with Crippen LogP contribution in [0.1, 0.15) is 60.4 Å². The van der Waals surface area contributed by atoms with Gasteiger partial charge in [0.05, 0.1) is 35.7 Å². The van der Waals surface area contributed by atoms with Crippen LogP contribution in [0.15, 0.2) is 71.2 Å². The van der Waals surface area contributed by atoms with E-state index in [1.807, 2.05) is 58.9 Å². The molecule has 0 fully saturated rings. The first kappa shape index (κ1) is 31.6. The molecule has 5 rings (SSSR count). The summed E-state index contributed by atoms with van der Waals surface area (Å²) in [6.07, 6.45) is 0.681. The molecule has 0 aromatic heterocycles. The summed E-state index contributed by atoms with van der Waals surface area (Å²) in [5.41, 5.74) is 11.8. The largest absolute Gasteiger partial charge is 0.496 e. The fourth-order valence-corrected chi connectivity index (χ4v) is 6.63. The number of nitriles is 1. The fraction of sp³-hybridized carbons (Fsp3) is 0.314. The molecule has 10 heteroatoms. The van der Waals surface area contributed by atoms with Crippen LogP contribution in [0.3, 0.4) is 0 Å². The Hall–Kier alpha value is -4.81. The van der Waals surface area contributed by atoms with E-state index in [4.69, 9.17) is 26.8 Å². The quantitative estimate of drug-likeness (QED) is 0.208. The molecule has 0 saturated heterocycles. The summed E-state index contributed by atoms with van der Waals surface area (Å²) in [7, 11) is 1.43. The maximum Gasteiger partial charge on any atom is 0.296 e. The van der Waals surface area contributed by atoms with Crippen molar-refractivity contribution in [2.24, 2.45) is 11.1 Å². The third-order valence-electron chi connectivity index (χ3n) is 8.53. The van der Waals surface area contributed by atoms with E-state index in [0.29, 0.717) is 34.2 Å². The Balaban J connectivity index is 1.70. The van der Waals surface area contributed by atoms with Gasteiger partial charge in [-0.15, -0.1) is 0 Å². The zero-order chi connectivity index (χ0) is 32.8. The third kappa shape index (κ3) is 5.86. The highest BCUT2D eigenvalue weighted by atomic mass is 35.5. The van der Waals surface area contributed by atoms with Gasteiger partial charge in [0.15, 0.2) is 5.78 Å². The Morgan fingerprint density at radius 2 is 1.87 bits per heavy atom. The smallest absolute Gasteiger partial charge is 0.296 e. The number of hydrogen-bond acceptors (Lipinski definition) is 8. The molecule has 0 spiro atoms. The van der Waals surface area contributed by atoms with Crippen LogP contribution in [-0.2, 0) is 11.4 Å². The number of methoxy groups -OCH3 is 1. The number of nitro benzene ring substituents is 1. The summed E-state index contributed by atoms with van der Waals surface area (Å²) in [6.45, 7) is 10.1. The van der Waals surface area contributed by atoms with Crippen LogP contribution in [0.25, 0.3) is 0 Å². The first-order valence-corrected chi connectivity index (χ1v) is 14.9. The molecule has 3 aromatic rings. The number of nitrogens with zero attached hydrogens (tertiary/aromatic N) is 3. The number of allylic oxidation sites excluding steroid dienone is 3. The monoisotopic (exact) mass is 626 g/mol. The molecule has 0 radical (unpaired) electrons. The van der Waals surface area contributed by atoms with Crippen LogP contribution in [-0.4, -0.2) is 17.8 Å². The number of anilines is 1. The molecule has 9 nitrogen and oxygen atoms in total. The molecule has 0 bridgehead atoms. The molecule has 1 atom stereocenters. The molecule has 1 unspecified atom stereocenters. The number of carbonyl (C=O) groups is 1. The van der Waals surface area contributed by atoms with Gasteiger partial charge in [-0.25, -0.2) is 0 Å². The van der Waals surface area contributed by atoms with Gasteiger partial charge in [0.2, 0.25) is 0 Å². The van der Waals surface area contributed by atoms with Crippen molar-refractivity contribution in [1.82, 2.24) is 0 Å². The van der Waals surface area contributed by atoms with Crippen LogP contribution in [0.4, 0.5) is 11.4 Å². The van der Waals surface area contributed by atoms with Gasteiger partial charge >= 0.3 is 0 Å². The lowest BCUT2D eigenvalue weighted by atomic mass is 9.68. The number of nitro groups is 1. The van der Waals surface area contributed by atoms with Gasteiger partial charge in [-0.1, -0.05) is 43.1 Å². The van der Waals surface area contributed by atoms with Gasteiger partial charge in [0.1, 0.15) is 29.6 Å². The Kier molecular flexibility index (Phi) is 8.39. The second-order valence-corrected chi connectivity index (χ2v) is 12.9. The minimum atomic E-state index is -0.752. The minimum absolute atomic E-state index is 0.0514. The first-order valence-electron chi connectivity index (χ1n) is 14.5. The molecule has 45 heavy (non-hydrogen) atoms. The Labute approximate surface area is 267 Å². The molecule has 232 valence electrons. The maximum atomic E-state index is 14.1. The lowest BCUT2D eigenvalue weighted by molar-refractivity contribution is -0.384. The van der Waals surface area contributed by atoms with E-state index in [9.17, 15) is 20.2 Å². The average molecular weight is 627 g/mol. The van der Waals surface area contributed by atoms with Crippen molar-refractivity contribution in [3.8, 4) is 17.6 Å². The van der Waals surface area contributed by atoms with Gasteiger partial charge in [-0.3, -0.25) is 19.8 Å². The number of Topliss-reactive ketones (excluding diaryl/α,β-unsaturated/α-hetero) is 1. The van der Waals surface area contributed by atoms with Crippen LogP contribution in [0, 0.1) is 47.6 Å². The number of hydrogen-bond donors (Lipinski definition) is 1. The van der Waals surface area contributed by atoms with Gasteiger partial charge in [-0.05, 0) is 85.2 Å². The number of ketones is 1. The topological polar surface area (TPSA) is 132 Å². The number of benzene rings is 3. The molecule has 2 N–H and O–H groups in total. The van der Waals surface area contributed by atoms with Crippen molar-refractivity contribution in [2.45, 2.75) is 60.0 Å². The SMILES string of the molecule is COc1ccc(N2C(N)=C(C#N)C(c3cc(C)cc(COc4ccc(Cl)cc4C)c3C)C3=C2CC(C)(C)CC3=O)c([N+](=O)[O-])c1. The summed E-state index contributed by atoms with van der Waals surface area (Å²) in [4.78, 5) is 27.4. The second-order valence-electron chi connectivity index (χ2n) is 12.4. The molecule has 0 saturated carbocycles. The molecule has 1 heterocycles. The zero-order valence-electron chi connectivity index (χ0n) is 26.2. The van der Waals surface area contributed by atoms with E-state index in [-0.39, 0.29) is 41.6 Å². The normalized spacial score (nSPS) is 17.6. The van der Waals surface area contributed by atoms with Crippen LogP contribution in [0.2, 0.25) is 5.02 Å². The number of aryl methyl sites for hydroxylation is 2. The molecular formula is C35H35ClN4O5. The van der Waals surface area contributed by atoms with Crippen LogP contribution < -0.4 is 20.1 Å².